The van der Waals surface area contributed by atoms with E-state index in [4.69, 9.17) is 10.3 Å². The van der Waals surface area contributed by atoms with E-state index in [1.54, 1.807) is 30.3 Å². The van der Waals surface area contributed by atoms with Crippen molar-refractivity contribution in [3.05, 3.63) is 95.1 Å². The molecule has 0 radical (unpaired) electrons. The number of pyridine rings is 2. The molecule has 3 aromatic rings. The van der Waals surface area contributed by atoms with E-state index in [1.807, 2.05) is 6.92 Å². The molecule has 1 aliphatic rings. The molecular formula is C21H15F2N5. The highest BCUT2D eigenvalue weighted by atomic mass is 19.1. The Balaban J connectivity index is 1.93. The minimum atomic E-state index is -1.00. The largest absolute Gasteiger partial charge is 0.363 e. The van der Waals surface area contributed by atoms with Crippen LogP contribution < -0.4 is 5.32 Å². The van der Waals surface area contributed by atoms with Crippen molar-refractivity contribution < 1.29 is 8.78 Å². The summed E-state index contributed by atoms with van der Waals surface area (Å²) in [6.07, 6.45) is 2.91. The van der Waals surface area contributed by atoms with E-state index in [9.17, 15) is 8.78 Å². The molecule has 1 aromatic carbocycles. The minimum Gasteiger partial charge on any atom is -0.363 e. The van der Waals surface area contributed by atoms with Crippen LogP contribution in [0.2, 0.25) is 0 Å². The molecule has 28 heavy (non-hydrogen) atoms. The Morgan fingerprint density at radius 2 is 1.75 bits per heavy atom. The Morgan fingerprint density at radius 1 is 1.00 bits per heavy atom. The number of rotatable bonds is 3. The molecule has 4 rings (SSSR count). The van der Waals surface area contributed by atoms with Crippen molar-refractivity contribution in [3.8, 4) is 6.07 Å². The van der Waals surface area contributed by atoms with Crippen molar-refractivity contribution in [2.45, 2.75) is 18.5 Å². The van der Waals surface area contributed by atoms with Crippen LogP contribution in [0.4, 0.5) is 8.78 Å². The molecule has 0 amide bonds. The zero-order chi connectivity index (χ0) is 19.7. The van der Waals surface area contributed by atoms with Crippen LogP contribution in [0.5, 0.6) is 0 Å². The Kier molecular flexibility index (Phi) is 4.32. The number of hydrogen-bond donors (Lipinski definition) is 1. The topological polar surface area (TPSA) is 74.0 Å². The molecular weight excluding hydrogens is 360 g/mol. The van der Waals surface area contributed by atoms with Gasteiger partial charge in [-0.05, 0) is 54.4 Å². The molecule has 2 atom stereocenters. The monoisotopic (exact) mass is 375 g/mol. The molecule has 1 aliphatic heterocycles. The summed E-state index contributed by atoms with van der Waals surface area (Å²) in [5, 5.41) is 12.4. The van der Waals surface area contributed by atoms with Crippen LogP contribution in [0.1, 0.15) is 29.3 Å². The molecule has 7 heteroatoms. The quantitative estimate of drug-likeness (QED) is 0.713. The van der Waals surface area contributed by atoms with Crippen LogP contribution in [-0.2, 0) is 5.54 Å². The van der Waals surface area contributed by atoms with Gasteiger partial charge in [0, 0.05) is 12.4 Å². The molecule has 3 heterocycles. The number of halogens is 2. The summed E-state index contributed by atoms with van der Waals surface area (Å²) in [4.78, 5) is 12.8. The van der Waals surface area contributed by atoms with Gasteiger partial charge in [0.15, 0.2) is 0 Å². The fraction of sp³-hybridized carbons (Fsp3) is 0.143. The van der Waals surface area contributed by atoms with Gasteiger partial charge in [-0.15, -0.1) is 0 Å². The van der Waals surface area contributed by atoms with E-state index in [2.05, 4.69) is 21.4 Å². The van der Waals surface area contributed by atoms with Gasteiger partial charge in [0.25, 0.3) is 0 Å². The summed E-state index contributed by atoms with van der Waals surface area (Å²) >= 11 is 0. The molecule has 0 spiro atoms. The van der Waals surface area contributed by atoms with E-state index in [0.29, 0.717) is 28.2 Å². The van der Waals surface area contributed by atoms with Crippen molar-refractivity contribution in [3.63, 3.8) is 0 Å². The standard InChI is InChI=1S/C21H15F2N5/c1-13-21(15-2-4-17(22)5-3-15,16-7-9-26-19(23)11-16)28-20(27-13)18-10-14(12-24)6-8-25-18/h2-11,13H,1H3,(H,27,28)/t13-,21-/m0/s1. The first-order valence-electron chi connectivity index (χ1n) is 8.64. The maximum atomic E-state index is 13.9. The molecule has 0 saturated heterocycles. The first-order chi connectivity index (χ1) is 13.5. The highest BCUT2D eigenvalue weighted by Crippen LogP contribution is 2.40. The van der Waals surface area contributed by atoms with Crippen molar-refractivity contribution >= 4 is 5.84 Å². The number of nitrogens with zero attached hydrogens (tertiary/aromatic N) is 4. The lowest BCUT2D eigenvalue weighted by atomic mass is 9.79. The Labute approximate surface area is 160 Å². The lowest BCUT2D eigenvalue weighted by molar-refractivity contribution is 0.448. The molecule has 2 aromatic heterocycles. The van der Waals surface area contributed by atoms with Crippen molar-refractivity contribution in [2.75, 3.05) is 0 Å². The average Bonchev–Trinajstić information content (AvgIpc) is 3.07. The van der Waals surface area contributed by atoms with Gasteiger partial charge in [0.2, 0.25) is 5.95 Å². The number of hydrogen-bond acceptors (Lipinski definition) is 5. The number of nitriles is 1. The number of amidine groups is 1. The second-order valence-electron chi connectivity index (χ2n) is 6.51. The average molecular weight is 375 g/mol. The maximum Gasteiger partial charge on any atom is 0.213 e. The minimum absolute atomic E-state index is 0.290. The molecule has 138 valence electrons. The predicted molar refractivity (Wildman–Crippen MR) is 99.5 cm³/mol. The van der Waals surface area contributed by atoms with Crippen molar-refractivity contribution in [2.24, 2.45) is 4.99 Å². The van der Waals surface area contributed by atoms with Crippen LogP contribution in [0.25, 0.3) is 0 Å². The molecule has 0 aliphatic carbocycles. The Hall–Kier alpha value is -3.66. The Bertz CT molecular complexity index is 1100. The first kappa shape index (κ1) is 17.7. The number of aliphatic imine (C=N–C) groups is 1. The lowest BCUT2D eigenvalue weighted by Gasteiger charge is -2.31. The summed E-state index contributed by atoms with van der Waals surface area (Å²) < 4.78 is 27.5. The van der Waals surface area contributed by atoms with Crippen LogP contribution >= 0.6 is 0 Å². The van der Waals surface area contributed by atoms with Crippen molar-refractivity contribution in [1.29, 1.82) is 5.26 Å². The number of nitrogens with one attached hydrogen (secondary N) is 1. The van der Waals surface area contributed by atoms with E-state index in [1.165, 1.54) is 30.6 Å². The third-order valence-corrected chi connectivity index (χ3v) is 4.85. The van der Waals surface area contributed by atoms with Crippen LogP contribution in [-0.4, -0.2) is 21.8 Å². The van der Waals surface area contributed by atoms with Gasteiger partial charge in [0.1, 0.15) is 22.9 Å². The Morgan fingerprint density at radius 3 is 2.46 bits per heavy atom. The summed E-state index contributed by atoms with van der Waals surface area (Å²) in [5.74, 6) is -0.517. The van der Waals surface area contributed by atoms with E-state index >= 15 is 0 Å². The normalized spacial score (nSPS) is 20.9. The SMILES string of the molecule is C[C@@H]1NC(c2cc(C#N)ccn2)=N[C@@]1(c1ccc(F)cc1)c1ccnc(F)c1. The lowest BCUT2D eigenvalue weighted by Crippen LogP contribution is -2.41. The maximum absolute atomic E-state index is 13.9. The van der Waals surface area contributed by atoms with E-state index in [-0.39, 0.29) is 11.9 Å². The van der Waals surface area contributed by atoms with Gasteiger partial charge < -0.3 is 5.32 Å². The van der Waals surface area contributed by atoms with E-state index < -0.39 is 11.5 Å². The van der Waals surface area contributed by atoms with Crippen LogP contribution in [0, 0.1) is 23.1 Å². The van der Waals surface area contributed by atoms with E-state index in [0.717, 1.165) is 0 Å². The van der Waals surface area contributed by atoms with Crippen LogP contribution in [0.15, 0.2) is 65.9 Å². The molecule has 1 N–H and O–H groups in total. The second kappa shape index (κ2) is 6.82. The summed E-state index contributed by atoms with van der Waals surface area (Å²) in [5.41, 5.74) is 1.24. The van der Waals surface area contributed by atoms with Gasteiger partial charge in [0.05, 0.1) is 17.7 Å². The second-order valence-corrected chi connectivity index (χ2v) is 6.51. The smallest absolute Gasteiger partial charge is 0.213 e. The third-order valence-electron chi connectivity index (χ3n) is 4.85. The molecule has 0 bridgehead atoms. The highest BCUT2D eigenvalue weighted by Gasteiger charge is 2.45. The molecule has 5 nitrogen and oxygen atoms in total. The van der Waals surface area contributed by atoms with Crippen molar-refractivity contribution in [1.82, 2.24) is 15.3 Å². The van der Waals surface area contributed by atoms with Crippen LogP contribution in [0.3, 0.4) is 0 Å². The molecule has 0 fully saturated rings. The molecule has 0 saturated carbocycles. The zero-order valence-corrected chi connectivity index (χ0v) is 14.9. The summed E-state index contributed by atoms with van der Waals surface area (Å²) in [6.45, 7) is 1.91. The van der Waals surface area contributed by atoms with Gasteiger partial charge >= 0.3 is 0 Å². The third kappa shape index (κ3) is 2.89. The zero-order valence-electron chi connectivity index (χ0n) is 14.9. The predicted octanol–water partition coefficient (Wildman–Crippen LogP) is 3.31. The van der Waals surface area contributed by atoms with Gasteiger partial charge in [-0.3, -0.25) is 4.98 Å². The fourth-order valence-corrected chi connectivity index (χ4v) is 3.52. The number of aromatic nitrogens is 2. The molecule has 0 unspecified atom stereocenters. The number of benzene rings is 1. The van der Waals surface area contributed by atoms with Gasteiger partial charge in [-0.25, -0.2) is 14.4 Å². The van der Waals surface area contributed by atoms with Gasteiger partial charge in [-0.2, -0.15) is 9.65 Å². The summed E-state index contributed by atoms with van der Waals surface area (Å²) in [6, 6.07) is 14.0. The highest BCUT2D eigenvalue weighted by molar-refractivity contribution is 5.99. The first-order valence-corrected chi connectivity index (χ1v) is 8.64. The fourth-order valence-electron chi connectivity index (χ4n) is 3.52. The summed E-state index contributed by atoms with van der Waals surface area (Å²) in [7, 11) is 0. The van der Waals surface area contributed by atoms with Gasteiger partial charge in [-0.1, -0.05) is 12.1 Å².